The first kappa shape index (κ1) is 16.1. The van der Waals surface area contributed by atoms with E-state index in [-0.39, 0.29) is 5.91 Å². The number of hydrogen-bond donors (Lipinski definition) is 0. The lowest BCUT2D eigenvalue weighted by Crippen LogP contribution is -2.42. The fourth-order valence-corrected chi connectivity index (χ4v) is 4.10. The van der Waals surface area contributed by atoms with Crippen molar-refractivity contribution < 1.29 is 4.79 Å². The Hall–Kier alpha value is -2.43. The lowest BCUT2D eigenvalue weighted by molar-refractivity contribution is -0.129. The Morgan fingerprint density at radius 3 is 2.60 bits per heavy atom. The van der Waals surface area contributed by atoms with E-state index in [1.165, 1.54) is 0 Å². The maximum atomic E-state index is 12.6. The number of rotatable bonds is 3. The van der Waals surface area contributed by atoms with Gasteiger partial charge in [0, 0.05) is 44.8 Å². The molecular formula is C20H24N4O. The van der Waals surface area contributed by atoms with Gasteiger partial charge in [-0.2, -0.15) is 0 Å². The predicted molar refractivity (Wildman–Crippen MR) is 97.3 cm³/mol. The van der Waals surface area contributed by atoms with E-state index in [4.69, 9.17) is 0 Å². The summed E-state index contributed by atoms with van der Waals surface area (Å²) in [5, 5.41) is 0. The Morgan fingerprint density at radius 1 is 1.04 bits per heavy atom. The Morgan fingerprint density at radius 2 is 1.88 bits per heavy atom. The van der Waals surface area contributed by atoms with Gasteiger partial charge in [0.2, 0.25) is 5.91 Å². The lowest BCUT2D eigenvalue weighted by Gasteiger charge is -2.39. The number of anilines is 1. The molecule has 1 amide bonds. The first-order chi connectivity index (χ1) is 12.2. The van der Waals surface area contributed by atoms with Crippen molar-refractivity contribution in [3.05, 3.63) is 54.5 Å². The molecule has 4 rings (SSSR count). The lowest BCUT2D eigenvalue weighted by atomic mass is 9.78. The highest BCUT2D eigenvalue weighted by molar-refractivity contribution is 5.79. The summed E-state index contributed by atoms with van der Waals surface area (Å²) in [4.78, 5) is 25.6. The van der Waals surface area contributed by atoms with Crippen LogP contribution in [0.1, 0.15) is 24.8 Å². The van der Waals surface area contributed by atoms with Gasteiger partial charge in [0.05, 0.1) is 6.42 Å². The molecule has 0 atom stereocenters. The molecule has 2 aromatic heterocycles. The molecule has 0 saturated carbocycles. The monoisotopic (exact) mass is 336 g/mol. The van der Waals surface area contributed by atoms with Crippen molar-refractivity contribution in [1.29, 1.82) is 0 Å². The van der Waals surface area contributed by atoms with Gasteiger partial charge in [-0.05, 0) is 48.4 Å². The minimum atomic E-state index is 0.233. The summed E-state index contributed by atoms with van der Waals surface area (Å²) in [7, 11) is 0. The van der Waals surface area contributed by atoms with Gasteiger partial charge < -0.3 is 9.80 Å². The van der Waals surface area contributed by atoms with Crippen LogP contribution in [0.4, 0.5) is 5.82 Å². The van der Waals surface area contributed by atoms with Gasteiger partial charge in [0.25, 0.3) is 0 Å². The molecule has 0 unspecified atom stereocenters. The molecule has 2 saturated heterocycles. The van der Waals surface area contributed by atoms with Crippen LogP contribution in [-0.2, 0) is 11.2 Å². The van der Waals surface area contributed by atoms with E-state index in [2.05, 4.69) is 25.8 Å². The minimum Gasteiger partial charge on any atom is -0.357 e. The number of carbonyl (C=O) groups excluding carboxylic acids is 1. The SMILES string of the molecule is O=C(Cc1cccnc1)N1CCC2(CCN(c3ccccn3)CC2)C1. The molecule has 2 aliphatic rings. The molecule has 5 nitrogen and oxygen atoms in total. The first-order valence-corrected chi connectivity index (χ1v) is 9.07. The number of piperidine rings is 1. The maximum Gasteiger partial charge on any atom is 0.227 e. The number of pyridine rings is 2. The van der Waals surface area contributed by atoms with Gasteiger partial charge in [0.15, 0.2) is 0 Å². The van der Waals surface area contributed by atoms with Gasteiger partial charge >= 0.3 is 0 Å². The van der Waals surface area contributed by atoms with Crippen molar-refractivity contribution in [3.8, 4) is 0 Å². The number of amides is 1. The molecule has 2 fully saturated rings. The van der Waals surface area contributed by atoms with Gasteiger partial charge in [-0.25, -0.2) is 4.98 Å². The van der Waals surface area contributed by atoms with Crippen molar-refractivity contribution in [1.82, 2.24) is 14.9 Å². The largest absolute Gasteiger partial charge is 0.357 e. The van der Waals surface area contributed by atoms with Crippen molar-refractivity contribution in [3.63, 3.8) is 0 Å². The van der Waals surface area contributed by atoms with Crippen LogP contribution in [-0.4, -0.2) is 47.0 Å². The molecule has 5 heteroatoms. The number of likely N-dealkylation sites (tertiary alicyclic amines) is 1. The number of aromatic nitrogens is 2. The molecular weight excluding hydrogens is 312 g/mol. The van der Waals surface area contributed by atoms with E-state index >= 15 is 0 Å². The summed E-state index contributed by atoms with van der Waals surface area (Å²) in [6, 6.07) is 9.94. The van der Waals surface area contributed by atoms with Gasteiger partial charge in [-0.3, -0.25) is 9.78 Å². The fourth-order valence-electron chi connectivity index (χ4n) is 4.10. The van der Waals surface area contributed by atoms with Crippen LogP contribution in [0.3, 0.4) is 0 Å². The third kappa shape index (κ3) is 3.50. The van der Waals surface area contributed by atoms with E-state index < -0.39 is 0 Å². The highest BCUT2D eigenvalue weighted by Gasteiger charge is 2.42. The normalized spacial score (nSPS) is 19.4. The van der Waals surface area contributed by atoms with Crippen molar-refractivity contribution in [2.75, 3.05) is 31.1 Å². The molecule has 1 spiro atoms. The van der Waals surface area contributed by atoms with E-state index in [1.54, 1.807) is 12.4 Å². The molecule has 0 aliphatic carbocycles. The zero-order valence-corrected chi connectivity index (χ0v) is 14.5. The molecule has 0 N–H and O–H groups in total. The summed E-state index contributed by atoms with van der Waals surface area (Å²) in [5.74, 6) is 1.30. The zero-order valence-electron chi connectivity index (χ0n) is 14.5. The topological polar surface area (TPSA) is 49.3 Å². The van der Waals surface area contributed by atoms with E-state index in [0.29, 0.717) is 11.8 Å². The Bertz CT molecular complexity index is 711. The fraction of sp³-hybridized carbons (Fsp3) is 0.450. The van der Waals surface area contributed by atoms with Crippen LogP contribution >= 0.6 is 0 Å². The summed E-state index contributed by atoms with van der Waals surface area (Å²) < 4.78 is 0. The summed E-state index contributed by atoms with van der Waals surface area (Å²) in [6.07, 6.45) is 9.25. The molecule has 130 valence electrons. The van der Waals surface area contributed by atoms with Crippen LogP contribution in [0.15, 0.2) is 48.9 Å². The van der Waals surface area contributed by atoms with E-state index in [1.807, 2.05) is 30.5 Å². The standard InChI is InChI=1S/C20H24N4O/c25-19(14-17-4-3-9-21-15-17)24-13-8-20(16-24)6-11-23(12-7-20)18-5-1-2-10-22-18/h1-5,9-10,15H,6-8,11-14,16H2. The molecule has 0 bridgehead atoms. The molecule has 25 heavy (non-hydrogen) atoms. The molecule has 2 aliphatic heterocycles. The van der Waals surface area contributed by atoms with Crippen LogP contribution in [0.2, 0.25) is 0 Å². The summed E-state index contributed by atoms with van der Waals surface area (Å²) in [5.41, 5.74) is 1.30. The second-order valence-corrected chi connectivity index (χ2v) is 7.28. The highest BCUT2D eigenvalue weighted by atomic mass is 16.2. The molecule has 0 radical (unpaired) electrons. The van der Waals surface area contributed by atoms with Crippen molar-refractivity contribution >= 4 is 11.7 Å². The smallest absolute Gasteiger partial charge is 0.227 e. The minimum absolute atomic E-state index is 0.233. The Labute approximate surface area is 148 Å². The van der Waals surface area contributed by atoms with Gasteiger partial charge in [0.1, 0.15) is 5.82 Å². The van der Waals surface area contributed by atoms with Crippen LogP contribution in [0, 0.1) is 5.41 Å². The summed E-state index contributed by atoms with van der Waals surface area (Å²) in [6.45, 7) is 3.86. The Kier molecular flexibility index (Phi) is 4.38. The average molecular weight is 336 g/mol. The van der Waals surface area contributed by atoms with Gasteiger partial charge in [-0.15, -0.1) is 0 Å². The Balaban J connectivity index is 1.34. The van der Waals surface area contributed by atoms with E-state index in [9.17, 15) is 4.79 Å². The predicted octanol–water partition coefficient (Wildman–Crippen LogP) is 2.54. The number of hydrogen-bond acceptors (Lipinski definition) is 4. The van der Waals surface area contributed by atoms with Crippen LogP contribution in [0.5, 0.6) is 0 Å². The van der Waals surface area contributed by atoms with Crippen LogP contribution < -0.4 is 4.90 Å². The number of carbonyl (C=O) groups is 1. The highest BCUT2D eigenvalue weighted by Crippen LogP contribution is 2.41. The molecule has 0 aromatic carbocycles. The molecule has 2 aromatic rings. The first-order valence-electron chi connectivity index (χ1n) is 9.07. The third-order valence-corrected chi connectivity index (χ3v) is 5.67. The number of nitrogens with zero attached hydrogens (tertiary/aromatic N) is 4. The second kappa shape index (κ2) is 6.82. The van der Waals surface area contributed by atoms with Gasteiger partial charge in [-0.1, -0.05) is 12.1 Å². The van der Waals surface area contributed by atoms with Crippen LogP contribution in [0.25, 0.3) is 0 Å². The summed E-state index contributed by atoms with van der Waals surface area (Å²) >= 11 is 0. The quantitative estimate of drug-likeness (QED) is 0.864. The molecule has 4 heterocycles. The second-order valence-electron chi connectivity index (χ2n) is 7.28. The zero-order chi connectivity index (χ0) is 17.1. The average Bonchev–Trinajstić information content (AvgIpc) is 3.08. The van der Waals surface area contributed by atoms with Crippen molar-refractivity contribution in [2.45, 2.75) is 25.7 Å². The van der Waals surface area contributed by atoms with E-state index in [0.717, 1.165) is 56.8 Å². The third-order valence-electron chi connectivity index (χ3n) is 5.67. The van der Waals surface area contributed by atoms with Crippen molar-refractivity contribution in [2.24, 2.45) is 5.41 Å². The maximum absolute atomic E-state index is 12.6.